The van der Waals surface area contributed by atoms with Gasteiger partial charge in [0, 0.05) is 54.8 Å². The fraction of sp³-hybridized carbons (Fsp3) is 0.0448. The van der Waals surface area contributed by atoms with E-state index in [9.17, 15) is 0 Å². The van der Waals surface area contributed by atoms with Crippen LogP contribution in [0.25, 0.3) is 99.1 Å². The Hall–Kier alpha value is -8.92. The Kier molecular flexibility index (Phi) is 8.93. The van der Waals surface area contributed by atoms with Crippen molar-refractivity contribution in [3.63, 3.8) is 0 Å². The summed E-state index contributed by atoms with van der Waals surface area (Å²) in [5.74, 6) is 0. The summed E-state index contributed by atoms with van der Waals surface area (Å²) < 4.78 is 4.90. The van der Waals surface area contributed by atoms with Crippen molar-refractivity contribution in [2.75, 3.05) is 4.90 Å². The van der Waals surface area contributed by atoms with Crippen molar-refractivity contribution in [3.05, 3.63) is 260 Å². The highest BCUT2D eigenvalue weighted by molar-refractivity contribution is 6.14. The molecule has 14 rings (SSSR count). The highest BCUT2D eigenvalue weighted by Crippen LogP contribution is 2.51. The molecule has 13 aromatic rings. The van der Waals surface area contributed by atoms with Gasteiger partial charge in [0.1, 0.15) is 0 Å². The molecule has 1 aliphatic carbocycles. The minimum Gasteiger partial charge on any atom is -0.310 e. The van der Waals surface area contributed by atoms with Crippen molar-refractivity contribution in [1.82, 2.24) is 9.13 Å². The topological polar surface area (TPSA) is 13.1 Å². The quantitative estimate of drug-likeness (QED) is 0.155. The van der Waals surface area contributed by atoms with Gasteiger partial charge in [0.25, 0.3) is 0 Å². The third-order valence-electron chi connectivity index (χ3n) is 15.1. The molecule has 0 saturated heterocycles. The monoisotopic (exact) mass is 893 g/mol. The van der Waals surface area contributed by atoms with Crippen molar-refractivity contribution in [2.24, 2.45) is 0 Å². The zero-order chi connectivity index (χ0) is 46.5. The van der Waals surface area contributed by atoms with Crippen LogP contribution in [0.2, 0.25) is 0 Å². The number of nitrogens with zero attached hydrogens (tertiary/aromatic N) is 3. The van der Waals surface area contributed by atoms with E-state index >= 15 is 0 Å². The molecule has 1 aliphatic rings. The van der Waals surface area contributed by atoms with Gasteiger partial charge in [-0.25, -0.2) is 0 Å². The third-order valence-corrected chi connectivity index (χ3v) is 15.1. The molecule has 0 unspecified atom stereocenters. The smallest absolute Gasteiger partial charge is 0.0542 e. The molecule has 0 fully saturated rings. The zero-order valence-electron chi connectivity index (χ0n) is 39.0. The minimum absolute atomic E-state index is 0.111. The first-order chi connectivity index (χ1) is 34.5. The van der Waals surface area contributed by atoms with Crippen LogP contribution in [-0.4, -0.2) is 9.13 Å². The Morgan fingerprint density at radius 1 is 0.286 bits per heavy atom. The summed E-state index contributed by atoms with van der Waals surface area (Å²) in [7, 11) is 0. The van der Waals surface area contributed by atoms with Crippen molar-refractivity contribution < 1.29 is 0 Å². The van der Waals surface area contributed by atoms with Gasteiger partial charge in [-0.1, -0.05) is 184 Å². The molecule has 2 heterocycles. The van der Waals surface area contributed by atoms with Crippen LogP contribution in [0, 0.1) is 0 Å². The van der Waals surface area contributed by atoms with Crippen LogP contribution in [0.15, 0.2) is 249 Å². The molecule has 3 heteroatoms. The Labute approximate surface area is 407 Å². The van der Waals surface area contributed by atoms with Crippen molar-refractivity contribution in [2.45, 2.75) is 19.3 Å². The summed E-state index contributed by atoms with van der Waals surface area (Å²) in [6.45, 7) is 4.71. The number of fused-ring (bicyclic) bond motifs is 10. The lowest BCUT2D eigenvalue weighted by molar-refractivity contribution is 0.660. The molecule has 0 amide bonds. The van der Waals surface area contributed by atoms with Gasteiger partial charge in [-0.05, 0) is 123 Å². The normalized spacial score (nSPS) is 12.8. The predicted molar refractivity (Wildman–Crippen MR) is 296 cm³/mol. The summed E-state index contributed by atoms with van der Waals surface area (Å²) in [5.41, 5.74) is 20.6. The molecule has 11 aromatic carbocycles. The van der Waals surface area contributed by atoms with E-state index in [0.29, 0.717) is 0 Å². The lowest BCUT2D eigenvalue weighted by Gasteiger charge is -2.28. The standard InChI is InChI=1S/C67H47N3/c1-67(2)59-24-12-8-18-51(59)52-38-37-50(43-60(52)67)68(48-33-28-45(29-34-48)44-16-4-3-5-17-44)49-35-30-46(31-36-49)47-32-39-66-58(42-47)57-23-11-15-27-63(57)70(66)65-41-40-64(55-19-6-7-20-56(55)65)69-61-25-13-9-21-53(61)54-22-10-14-26-62(54)69/h3-43H,1-2H3. The average molecular weight is 894 g/mol. The summed E-state index contributed by atoms with van der Waals surface area (Å²) >= 11 is 0. The van der Waals surface area contributed by atoms with Gasteiger partial charge in [-0.2, -0.15) is 0 Å². The fourth-order valence-corrected chi connectivity index (χ4v) is 11.8. The maximum atomic E-state index is 2.47. The van der Waals surface area contributed by atoms with Crippen LogP contribution in [0.1, 0.15) is 25.0 Å². The second-order valence-electron chi connectivity index (χ2n) is 19.3. The highest BCUT2D eigenvalue weighted by atomic mass is 15.1. The van der Waals surface area contributed by atoms with Crippen LogP contribution in [0.3, 0.4) is 0 Å². The summed E-state index contributed by atoms with van der Waals surface area (Å²) in [4.78, 5) is 2.41. The Morgan fingerprint density at radius 2 is 0.700 bits per heavy atom. The molecule has 330 valence electrons. The van der Waals surface area contributed by atoms with E-state index in [-0.39, 0.29) is 5.41 Å². The molecule has 0 spiro atoms. The molecule has 70 heavy (non-hydrogen) atoms. The number of hydrogen-bond donors (Lipinski definition) is 0. The Balaban J connectivity index is 0.871. The van der Waals surface area contributed by atoms with Gasteiger partial charge < -0.3 is 14.0 Å². The molecular formula is C67H47N3. The second-order valence-corrected chi connectivity index (χ2v) is 19.3. The summed E-state index contributed by atoms with van der Waals surface area (Å²) in [6, 6.07) is 91.6. The van der Waals surface area contributed by atoms with E-state index in [1.165, 1.54) is 110 Å². The molecule has 3 nitrogen and oxygen atoms in total. The van der Waals surface area contributed by atoms with Gasteiger partial charge in [-0.15, -0.1) is 0 Å². The predicted octanol–water partition coefficient (Wildman–Crippen LogP) is 18.1. The van der Waals surface area contributed by atoms with Crippen molar-refractivity contribution in [1.29, 1.82) is 0 Å². The van der Waals surface area contributed by atoms with E-state index in [0.717, 1.165) is 17.1 Å². The Morgan fingerprint density at radius 3 is 1.29 bits per heavy atom. The van der Waals surface area contributed by atoms with Gasteiger partial charge in [-0.3, -0.25) is 0 Å². The van der Waals surface area contributed by atoms with E-state index in [2.05, 4.69) is 277 Å². The van der Waals surface area contributed by atoms with Crippen LogP contribution in [-0.2, 0) is 5.41 Å². The van der Waals surface area contributed by atoms with Crippen molar-refractivity contribution in [3.8, 4) is 44.8 Å². The second kappa shape index (κ2) is 15.6. The molecule has 0 N–H and O–H groups in total. The van der Waals surface area contributed by atoms with E-state index in [4.69, 9.17) is 0 Å². The van der Waals surface area contributed by atoms with Crippen molar-refractivity contribution >= 4 is 71.4 Å². The number of hydrogen-bond acceptors (Lipinski definition) is 1. The SMILES string of the molecule is CC1(C)c2ccccc2-c2ccc(N(c3ccc(-c4ccccc4)cc3)c3ccc(-c4ccc5c(c4)c4ccccc4n5-c4ccc(-n5c6ccccc6c6ccccc65)c5ccccc45)cc3)cc21. The highest BCUT2D eigenvalue weighted by Gasteiger charge is 2.36. The third kappa shape index (κ3) is 6.08. The van der Waals surface area contributed by atoms with Gasteiger partial charge in [0.15, 0.2) is 0 Å². The van der Waals surface area contributed by atoms with Gasteiger partial charge in [0.2, 0.25) is 0 Å². The fourth-order valence-electron chi connectivity index (χ4n) is 11.8. The molecule has 0 radical (unpaired) electrons. The first kappa shape index (κ1) is 40.2. The molecule has 0 aliphatic heterocycles. The number of rotatable bonds is 7. The first-order valence-electron chi connectivity index (χ1n) is 24.3. The average Bonchev–Trinajstić information content (AvgIpc) is 4.01. The minimum atomic E-state index is -0.111. The molecule has 2 aromatic heterocycles. The van der Waals surface area contributed by atoms with Crippen LogP contribution in [0.4, 0.5) is 17.1 Å². The zero-order valence-corrected chi connectivity index (χ0v) is 39.0. The lowest BCUT2D eigenvalue weighted by atomic mass is 9.82. The number of para-hydroxylation sites is 3. The molecule has 0 bridgehead atoms. The first-order valence-corrected chi connectivity index (χ1v) is 24.3. The molecule has 0 saturated carbocycles. The lowest BCUT2D eigenvalue weighted by Crippen LogP contribution is -2.16. The summed E-state index contributed by atoms with van der Waals surface area (Å²) in [6.07, 6.45) is 0. The van der Waals surface area contributed by atoms with Crippen LogP contribution < -0.4 is 4.90 Å². The van der Waals surface area contributed by atoms with E-state index in [1.807, 2.05) is 0 Å². The molecule has 0 atom stereocenters. The van der Waals surface area contributed by atoms with Crippen LogP contribution in [0.5, 0.6) is 0 Å². The molecular weight excluding hydrogens is 847 g/mol. The number of benzene rings is 11. The van der Waals surface area contributed by atoms with Crippen LogP contribution >= 0.6 is 0 Å². The Bertz CT molecular complexity index is 4140. The number of anilines is 3. The number of aromatic nitrogens is 2. The van der Waals surface area contributed by atoms with Gasteiger partial charge in [0.05, 0.1) is 33.4 Å². The maximum absolute atomic E-state index is 2.47. The van der Waals surface area contributed by atoms with E-state index < -0.39 is 0 Å². The summed E-state index contributed by atoms with van der Waals surface area (Å²) in [5, 5.41) is 7.41. The van der Waals surface area contributed by atoms with E-state index in [1.54, 1.807) is 0 Å². The van der Waals surface area contributed by atoms with Gasteiger partial charge >= 0.3 is 0 Å². The maximum Gasteiger partial charge on any atom is 0.0542 e. The largest absolute Gasteiger partial charge is 0.310 e.